The van der Waals surface area contributed by atoms with E-state index in [2.05, 4.69) is 10.00 Å². The molecular weight excluding hydrogens is 488 g/mol. The molecule has 1 saturated heterocycles. The van der Waals surface area contributed by atoms with Crippen LogP contribution in [0.2, 0.25) is 0 Å². The van der Waals surface area contributed by atoms with E-state index >= 15 is 0 Å². The first-order valence-corrected chi connectivity index (χ1v) is 12.6. The number of hydrogen-bond acceptors (Lipinski definition) is 8. The normalized spacial score (nSPS) is 18.1. The lowest BCUT2D eigenvalue weighted by molar-refractivity contribution is -0.138. The second-order valence-electron chi connectivity index (χ2n) is 9.39. The fraction of sp³-hybridized carbons (Fsp3) is 0.429. The molecule has 3 aromatic rings. The Balaban J connectivity index is 1.46. The van der Waals surface area contributed by atoms with Gasteiger partial charge >= 0.3 is 0 Å². The molecule has 2 heterocycles. The molecule has 1 atom stereocenters. The first kappa shape index (κ1) is 27.4. The molecule has 10 nitrogen and oxygen atoms in total. The van der Waals surface area contributed by atoms with Crippen LogP contribution in [0.4, 0.5) is 0 Å². The lowest BCUT2D eigenvalue weighted by Gasteiger charge is -2.33. The molecule has 1 fully saturated rings. The van der Waals surface area contributed by atoms with Crippen LogP contribution in [0, 0.1) is 0 Å². The molecule has 2 aromatic carbocycles. The van der Waals surface area contributed by atoms with Crippen LogP contribution < -0.4 is 14.2 Å². The number of carbonyl (C=O) groups is 1. The van der Waals surface area contributed by atoms with Crippen molar-refractivity contribution in [3.05, 3.63) is 72.6 Å². The Morgan fingerprint density at radius 2 is 1.87 bits per heavy atom. The van der Waals surface area contributed by atoms with E-state index in [-0.39, 0.29) is 25.7 Å². The summed E-state index contributed by atoms with van der Waals surface area (Å²) in [6.07, 6.45) is 3.62. The molecule has 1 N–H and O–H groups in total. The Kier molecular flexibility index (Phi) is 9.58. The SMILES string of the molecule is COCC(=O)N1CCN(Cc2ccc(OC)c(OCCn3cccn3)c2)C[C@](O)(COc2ccccc2)C1. The average molecular weight is 525 g/mol. The fourth-order valence-electron chi connectivity index (χ4n) is 4.50. The highest BCUT2D eigenvalue weighted by molar-refractivity contribution is 5.77. The maximum atomic E-state index is 12.7. The van der Waals surface area contributed by atoms with Crippen molar-refractivity contribution in [2.45, 2.75) is 18.7 Å². The van der Waals surface area contributed by atoms with Gasteiger partial charge in [-0.1, -0.05) is 24.3 Å². The number of hydrogen-bond donors (Lipinski definition) is 1. The minimum atomic E-state index is -1.27. The van der Waals surface area contributed by atoms with Gasteiger partial charge in [-0.3, -0.25) is 14.4 Å². The summed E-state index contributed by atoms with van der Waals surface area (Å²) in [5.74, 6) is 1.80. The summed E-state index contributed by atoms with van der Waals surface area (Å²) in [4.78, 5) is 16.4. The molecule has 1 aliphatic heterocycles. The topological polar surface area (TPSA) is 98.5 Å². The lowest BCUT2D eigenvalue weighted by atomic mass is 10.0. The van der Waals surface area contributed by atoms with E-state index in [1.807, 2.05) is 65.5 Å². The van der Waals surface area contributed by atoms with Crippen molar-refractivity contribution in [1.29, 1.82) is 0 Å². The standard InChI is InChI=1S/C28H36N4O6/c1-35-19-27(33)31-14-13-30(20-28(34,21-31)22-38-24-7-4-3-5-8-24)18-23-9-10-25(36-2)26(17-23)37-16-15-32-12-6-11-29-32/h3-12,17,34H,13-16,18-22H2,1-2H3/t28-/m1/s1. The molecular formula is C28H36N4O6. The molecule has 0 bridgehead atoms. The third-order valence-corrected chi connectivity index (χ3v) is 6.33. The van der Waals surface area contributed by atoms with Crippen molar-refractivity contribution < 1.29 is 28.8 Å². The number of carbonyl (C=O) groups excluding carboxylic acids is 1. The largest absolute Gasteiger partial charge is 0.493 e. The molecule has 204 valence electrons. The predicted molar refractivity (Wildman–Crippen MR) is 141 cm³/mol. The van der Waals surface area contributed by atoms with Gasteiger partial charge < -0.3 is 29.0 Å². The average Bonchev–Trinajstić information content (AvgIpc) is 3.38. The zero-order valence-corrected chi connectivity index (χ0v) is 22.0. The Morgan fingerprint density at radius 3 is 2.61 bits per heavy atom. The summed E-state index contributed by atoms with van der Waals surface area (Å²) in [5.41, 5.74) is -0.270. The van der Waals surface area contributed by atoms with Crippen LogP contribution in [0.3, 0.4) is 0 Å². The Morgan fingerprint density at radius 1 is 1.03 bits per heavy atom. The third-order valence-electron chi connectivity index (χ3n) is 6.33. The van der Waals surface area contributed by atoms with Crippen molar-refractivity contribution in [3.63, 3.8) is 0 Å². The molecule has 10 heteroatoms. The van der Waals surface area contributed by atoms with E-state index < -0.39 is 5.60 Å². The van der Waals surface area contributed by atoms with Crippen LogP contribution in [0.5, 0.6) is 17.2 Å². The van der Waals surface area contributed by atoms with Gasteiger partial charge in [0.2, 0.25) is 5.91 Å². The quantitative estimate of drug-likeness (QED) is 0.385. The number of aliphatic hydroxyl groups is 1. The molecule has 0 radical (unpaired) electrons. The molecule has 1 aromatic heterocycles. The van der Waals surface area contributed by atoms with E-state index in [1.54, 1.807) is 18.2 Å². The number of aromatic nitrogens is 2. The fourth-order valence-corrected chi connectivity index (χ4v) is 4.50. The van der Waals surface area contributed by atoms with Crippen LogP contribution in [0.25, 0.3) is 0 Å². The number of amides is 1. The van der Waals surface area contributed by atoms with Gasteiger partial charge in [0.1, 0.15) is 31.2 Å². The minimum Gasteiger partial charge on any atom is -0.493 e. The van der Waals surface area contributed by atoms with Crippen molar-refractivity contribution in [2.24, 2.45) is 0 Å². The highest BCUT2D eigenvalue weighted by atomic mass is 16.5. The maximum absolute atomic E-state index is 12.7. The lowest BCUT2D eigenvalue weighted by Crippen LogP contribution is -2.52. The van der Waals surface area contributed by atoms with Gasteiger partial charge in [0.25, 0.3) is 0 Å². The summed E-state index contributed by atoms with van der Waals surface area (Å²) >= 11 is 0. The van der Waals surface area contributed by atoms with Crippen molar-refractivity contribution in [3.8, 4) is 17.2 Å². The molecule has 1 amide bonds. The second-order valence-corrected chi connectivity index (χ2v) is 9.39. The number of ether oxygens (including phenoxy) is 4. The van der Waals surface area contributed by atoms with Crippen molar-refractivity contribution >= 4 is 5.91 Å². The Labute approximate surface area is 223 Å². The Hall–Kier alpha value is -3.60. The summed E-state index contributed by atoms with van der Waals surface area (Å²) in [5, 5.41) is 15.8. The van der Waals surface area contributed by atoms with E-state index in [9.17, 15) is 9.90 Å². The monoisotopic (exact) mass is 524 g/mol. The van der Waals surface area contributed by atoms with E-state index in [4.69, 9.17) is 18.9 Å². The van der Waals surface area contributed by atoms with Gasteiger partial charge in [-0.25, -0.2) is 0 Å². The van der Waals surface area contributed by atoms with E-state index in [0.29, 0.717) is 56.6 Å². The zero-order valence-electron chi connectivity index (χ0n) is 22.0. The molecule has 0 spiro atoms. The maximum Gasteiger partial charge on any atom is 0.248 e. The predicted octanol–water partition coefficient (Wildman–Crippen LogP) is 2.07. The first-order valence-electron chi connectivity index (χ1n) is 12.6. The van der Waals surface area contributed by atoms with Crippen LogP contribution in [-0.2, 0) is 22.6 Å². The molecule has 1 aliphatic rings. The number of β-amino-alcohol motifs (C(OH)–C–C–N with tert-alkyl or cyclic N) is 1. The summed E-state index contributed by atoms with van der Waals surface area (Å²) in [6, 6.07) is 17.1. The highest BCUT2D eigenvalue weighted by Crippen LogP contribution is 2.29. The second kappa shape index (κ2) is 13.3. The van der Waals surface area contributed by atoms with Crippen LogP contribution in [0.15, 0.2) is 67.0 Å². The first-order chi connectivity index (χ1) is 18.5. The van der Waals surface area contributed by atoms with Gasteiger partial charge in [-0.05, 0) is 35.9 Å². The molecule has 0 saturated carbocycles. The van der Waals surface area contributed by atoms with Gasteiger partial charge in [0.15, 0.2) is 11.5 Å². The highest BCUT2D eigenvalue weighted by Gasteiger charge is 2.37. The summed E-state index contributed by atoms with van der Waals surface area (Å²) < 4.78 is 24.3. The van der Waals surface area contributed by atoms with Gasteiger partial charge in [-0.2, -0.15) is 5.10 Å². The molecule has 4 rings (SSSR count). The molecule has 38 heavy (non-hydrogen) atoms. The minimum absolute atomic E-state index is 0.0344. The number of rotatable bonds is 12. The summed E-state index contributed by atoms with van der Waals surface area (Å²) in [7, 11) is 3.10. The number of benzene rings is 2. The zero-order chi connectivity index (χ0) is 26.8. The van der Waals surface area contributed by atoms with Crippen molar-refractivity contribution in [2.75, 3.05) is 60.2 Å². The van der Waals surface area contributed by atoms with Gasteiger partial charge in [0.05, 0.1) is 20.2 Å². The van der Waals surface area contributed by atoms with Gasteiger partial charge in [-0.15, -0.1) is 0 Å². The number of methoxy groups -OCH3 is 2. The van der Waals surface area contributed by atoms with Gasteiger partial charge in [0, 0.05) is 45.7 Å². The molecule has 0 aliphatic carbocycles. The van der Waals surface area contributed by atoms with Crippen LogP contribution >= 0.6 is 0 Å². The molecule has 0 unspecified atom stereocenters. The third kappa shape index (κ3) is 7.70. The number of nitrogens with zero attached hydrogens (tertiary/aromatic N) is 4. The van der Waals surface area contributed by atoms with E-state index in [1.165, 1.54) is 7.11 Å². The summed E-state index contributed by atoms with van der Waals surface area (Å²) in [6.45, 7) is 3.18. The van der Waals surface area contributed by atoms with Crippen molar-refractivity contribution in [1.82, 2.24) is 19.6 Å². The number of para-hydroxylation sites is 1. The smallest absolute Gasteiger partial charge is 0.248 e. The van der Waals surface area contributed by atoms with Crippen LogP contribution in [0.1, 0.15) is 5.56 Å². The Bertz CT molecular complexity index is 1140. The van der Waals surface area contributed by atoms with Crippen LogP contribution in [-0.4, -0.2) is 96.4 Å². The van der Waals surface area contributed by atoms with E-state index in [0.717, 1.165) is 5.56 Å².